The molecule has 0 unspecified atom stereocenters. The van der Waals surface area contributed by atoms with E-state index in [1.54, 1.807) is 17.8 Å². The first-order chi connectivity index (χ1) is 8.70. The van der Waals surface area contributed by atoms with Crippen LogP contribution in [0.1, 0.15) is 17.3 Å². The minimum Gasteiger partial charge on any atom is -0.296 e. The fraction of sp³-hybridized carbons (Fsp3) is 0.182. The van der Waals surface area contributed by atoms with Gasteiger partial charge >= 0.3 is 0 Å². The van der Waals surface area contributed by atoms with Gasteiger partial charge < -0.3 is 0 Å². The Morgan fingerprint density at radius 3 is 2.94 bits per heavy atom. The molecule has 0 saturated carbocycles. The summed E-state index contributed by atoms with van der Waals surface area (Å²) in [5.41, 5.74) is -0.00241. The van der Waals surface area contributed by atoms with Gasteiger partial charge in [-0.3, -0.25) is 10.1 Å². The third-order valence-electron chi connectivity index (χ3n) is 2.01. The van der Waals surface area contributed by atoms with Gasteiger partial charge in [0.2, 0.25) is 5.13 Å². The predicted octanol–water partition coefficient (Wildman–Crippen LogP) is 3.04. The van der Waals surface area contributed by atoms with Crippen molar-refractivity contribution >= 4 is 34.1 Å². The molecule has 2 aromatic rings. The maximum atomic E-state index is 13.4. The van der Waals surface area contributed by atoms with Gasteiger partial charge in [-0.25, -0.2) is 4.39 Å². The highest BCUT2D eigenvalue weighted by atomic mass is 32.2. The van der Waals surface area contributed by atoms with Crippen LogP contribution in [0.3, 0.4) is 0 Å². The van der Waals surface area contributed by atoms with Gasteiger partial charge in [0, 0.05) is 0 Å². The molecular weight excluding hydrogens is 273 g/mol. The van der Waals surface area contributed by atoms with Crippen LogP contribution < -0.4 is 5.32 Å². The molecular formula is C11H10FN3OS2. The standard InChI is InChI=1S/C11H10FN3OS2/c1-2-17-11-15-14-10(18-11)13-9(16)7-5-3-4-6-8(7)12/h3-6H,2H2,1H3,(H,13,14,16). The number of rotatable bonds is 4. The molecule has 1 N–H and O–H groups in total. The maximum Gasteiger partial charge on any atom is 0.260 e. The molecule has 7 heteroatoms. The first kappa shape index (κ1) is 13.0. The maximum absolute atomic E-state index is 13.4. The Labute approximate surface area is 112 Å². The molecule has 0 saturated heterocycles. The molecule has 94 valence electrons. The molecule has 0 atom stereocenters. The summed E-state index contributed by atoms with van der Waals surface area (Å²) in [5, 5.41) is 10.6. The van der Waals surface area contributed by atoms with Gasteiger partial charge in [-0.05, 0) is 17.9 Å². The molecule has 0 aliphatic carbocycles. The summed E-state index contributed by atoms with van der Waals surface area (Å²) in [6, 6.07) is 5.81. The number of benzene rings is 1. The minimum atomic E-state index is -0.553. The van der Waals surface area contributed by atoms with E-state index in [4.69, 9.17) is 0 Å². The number of halogens is 1. The number of hydrogen-bond donors (Lipinski definition) is 1. The molecule has 4 nitrogen and oxygen atoms in total. The smallest absolute Gasteiger partial charge is 0.260 e. The molecule has 1 amide bonds. The summed E-state index contributed by atoms with van der Waals surface area (Å²) in [6.45, 7) is 2.00. The number of amides is 1. The van der Waals surface area contributed by atoms with Crippen LogP contribution in [0.2, 0.25) is 0 Å². The number of nitrogens with zero attached hydrogens (tertiary/aromatic N) is 2. The van der Waals surface area contributed by atoms with Gasteiger partial charge in [-0.1, -0.05) is 42.2 Å². The number of hydrogen-bond acceptors (Lipinski definition) is 5. The highest BCUT2D eigenvalue weighted by molar-refractivity contribution is 8.01. The van der Waals surface area contributed by atoms with E-state index in [0.29, 0.717) is 5.13 Å². The lowest BCUT2D eigenvalue weighted by molar-refractivity contribution is 0.102. The molecule has 0 fully saturated rings. The third-order valence-corrected chi connectivity index (χ3v) is 3.87. The Balaban J connectivity index is 2.09. The van der Waals surface area contributed by atoms with Crippen LogP contribution in [0, 0.1) is 5.82 Å². The Morgan fingerprint density at radius 1 is 1.44 bits per heavy atom. The molecule has 0 bridgehead atoms. The zero-order valence-corrected chi connectivity index (χ0v) is 11.1. The summed E-state index contributed by atoms with van der Waals surface area (Å²) >= 11 is 2.81. The van der Waals surface area contributed by atoms with Crippen molar-refractivity contribution in [1.29, 1.82) is 0 Å². The van der Waals surface area contributed by atoms with Crippen molar-refractivity contribution in [2.45, 2.75) is 11.3 Å². The van der Waals surface area contributed by atoms with E-state index in [2.05, 4.69) is 15.5 Å². The molecule has 0 spiro atoms. The normalized spacial score (nSPS) is 10.3. The summed E-state index contributed by atoms with van der Waals surface area (Å²) in [7, 11) is 0. The Bertz CT molecular complexity index is 559. The van der Waals surface area contributed by atoms with E-state index < -0.39 is 11.7 Å². The SMILES string of the molecule is CCSc1nnc(NC(=O)c2ccccc2F)s1. The molecule has 0 aliphatic rings. The van der Waals surface area contributed by atoms with Gasteiger partial charge in [0.05, 0.1) is 5.56 Å². The number of carbonyl (C=O) groups excluding carboxylic acids is 1. The molecule has 1 aromatic heterocycles. The highest BCUT2D eigenvalue weighted by Gasteiger charge is 2.13. The van der Waals surface area contributed by atoms with E-state index in [1.807, 2.05) is 6.92 Å². The van der Waals surface area contributed by atoms with Gasteiger partial charge in [-0.15, -0.1) is 10.2 Å². The lowest BCUT2D eigenvalue weighted by Gasteiger charge is -2.01. The summed E-state index contributed by atoms with van der Waals surface area (Å²) in [4.78, 5) is 11.8. The zero-order chi connectivity index (χ0) is 13.0. The van der Waals surface area contributed by atoms with Crippen molar-refractivity contribution in [3.05, 3.63) is 35.6 Å². The molecule has 18 heavy (non-hydrogen) atoms. The number of aromatic nitrogens is 2. The Hall–Kier alpha value is -1.47. The second kappa shape index (κ2) is 5.92. The summed E-state index contributed by atoms with van der Waals surface area (Å²) in [5.74, 6) is -0.185. The Kier molecular flexibility index (Phi) is 4.27. The fourth-order valence-electron chi connectivity index (χ4n) is 1.25. The number of carbonyl (C=O) groups is 1. The van der Waals surface area contributed by atoms with E-state index in [9.17, 15) is 9.18 Å². The monoisotopic (exact) mass is 283 g/mol. The molecule has 0 aliphatic heterocycles. The van der Waals surface area contributed by atoms with Gasteiger partial charge in [0.1, 0.15) is 5.82 Å². The van der Waals surface area contributed by atoms with Crippen molar-refractivity contribution in [1.82, 2.24) is 10.2 Å². The van der Waals surface area contributed by atoms with Crippen molar-refractivity contribution < 1.29 is 9.18 Å². The highest BCUT2D eigenvalue weighted by Crippen LogP contribution is 2.25. The van der Waals surface area contributed by atoms with E-state index in [0.717, 1.165) is 10.1 Å². The van der Waals surface area contributed by atoms with Crippen molar-refractivity contribution in [3.8, 4) is 0 Å². The van der Waals surface area contributed by atoms with Crippen LogP contribution >= 0.6 is 23.1 Å². The Morgan fingerprint density at radius 2 is 2.22 bits per heavy atom. The van der Waals surface area contributed by atoms with E-state index in [1.165, 1.54) is 29.5 Å². The number of anilines is 1. The molecule has 1 heterocycles. The summed E-state index contributed by atoms with van der Waals surface area (Å²) in [6.07, 6.45) is 0. The average Bonchev–Trinajstić information content (AvgIpc) is 2.77. The third kappa shape index (κ3) is 3.05. The van der Waals surface area contributed by atoms with Gasteiger partial charge in [-0.2, -0.15) is 0 Å². The topological polar surface area (TPSA) is 54.9 Å². The van der Waals surface area contributed by atoms with Crippen LogP contribution in [0.4, 0.5) is 9.52 Å². The van der Waals surface area contributed by atoms with Crippen molar-refractivity contribution in [2.75, 3.05) is 11.1 Å². The number of thioether (sulfide) groups is 1. The van der Waals surface area contributed by atoms with Crippen molar-refractivity contribution in [2.24, 2.45) is 0 Å². The van der Waals surface area contributed by atoms with E-state index >= 15 is 0 Å². The minimum absolute atomic E-state index is 0.00241. The van der Waals surface area contributed by atoms with Crippen LogP contribution in [0.15, 0.2) is 28.6 Å². The van der Waals surface area contributed by atoms with Gasteiger partial charge in [0.25, 0.3) is 5.91 Å². The largest absolute Gasteiger partial charge is 0.296 e. The second-order valence-electron chi connectivity index (χ2n) is 3.24. The second-order valence-corrected chi connectivity index (χ2v) is 5.73. The average molecular weight is 283 g/mol. The lowest BCUT2D eigenvalue weighted by Crippen LogP contribution is -2.13. The zero-order valence-electron chi connectivity index (χ0n) is 9.51. The molecule has 0 radical (unpaired) electrons. The van der Waals surface area contributed by atoms with Gasteiger partial charge in [0.15, 0.2) is 4.34 Å². The van der Waals surface area contributed by atoms with Crippen LogP contribution in [-0.4, -0.2) is 21.9 Å². The first-order valence-electron chi connectivity index (χ1n) is 5.23. The number of nitrogens with one attached hydrogen (secondary N) is 1. The first-order valence-corrected chi connectivity index (χ1v) is 7.03. The lowest BCUT2D eigenvalue weighted by atomic mass is 10.2. The predicted molar refractivity (Wildman–Crippen MR) is 70.7 cm³/mol. The van der Waals surface area contributed by atoms with Crippen LogP contribution in [0.5, 0.6) is 0 Å². The molecule has 2 rings (SSSR count). The molecule has 1 aromatic carbocycles. The van der Waals surface area contributed by atoms with Crippen LogP contribution in [-0.2, 0) is 0 Å². The van der Waals surface area contributed by atoms with E-state index in [-0.39, 0.29) is 5.56 Å². The van der Waals surface area contributed by atoms with Crippen LogP contribution in [0.25, 0.3) is 0 Å². The fourth-order valence-corrected chi connectivity index (χ4v) is 2.90. The quantitative estimate of drug-likeness (QED) is 0.692. The summed E-state index contributed by atoms with van der Waals surface area (Å²) < 4.78 is 14.2. The van der Waals surface area contributed by atoms with Crippen molar-refractivity contribution in [3.63, 3.8) is 0 Å².